The summed E-state index contributed by atoms with van der Waals surface area (Å²) in [5.41, 5.74) is -0.702. The number of piperidine rings is 1. The van der Waals surface area contributed by atoms with Gasteiger partial charge in [-0.25, -0.2) is 18.7 Å². The number of fused-ring (bicyclic) bond motifs is 1. The summed E-state index contributed by atoms with van der Waals surface area (Å²) in [6, 6.07) is 0. The van der Waals surface area contributed by atoms with Crippen LogP contribution in [-0.2, 0) is 35.2 Å². The number of carbonyl (C=O) groups excluding carboxylic acids is 2. The second kappa shape index (κ2) is 9.04. The number of hydrogen-bond donors (Lipinski definition) is 0. The smallest absolute Gasteiger partial charge is 0.337 e. The Bertz CT molecular complexity index is 844. The fraction of sp³-hybridized carbons (Fsp3) is 0.700. The van der Waals surface area contributed by atoms with E-state index in [-0.39, 0.29) is 74.2 Å². The topological polar surface area (TPSA) is 66.4 Å². The highest BCUT2D eigenvalue weighted by Crippen LogP contribution is 2.34. The molecule has 6 nitrogen and oxygen atoms in total. The summed E-state index contributed by atoms with van der Waals surface area (Å²) in [5, 5.41) is 0. The first-order valence-electron chi connectivity index (χ1n) is 10.4. The Morgan fingerprint density at radius 1 is 1.19 bits per heavy atom. The lowest BCUT2D eigenvalue weighted by Crippen LogP contribution is -2.46. The first kappa shape index (κ1) is 23.3. The summed E-state index contributed by atoms with van der Waals surface area (Å²) in [6.07, 6.45) is -4.15. The summed E-state index contributed by atoms with van der Waals surface area (Å²) in [6.45, 7) is 1.28. The Labute approximate surface area is 176 Å². The predicted molar refractivity (Wildman–Crippen MR) is 100 cm³/mol. The van der Waals surface area contributed by atoms with E-state index in [2.05, 4.69) is 9.97 Å². The van der Waals surface area contributed by atoms with Gasteiger partial charge in [0.1, 0.15) is 5.82 Å². The van der Waals surface area contributed by atoms with Crippen LogP contribution in [0.5, 0.6) is 0 Å². The van der Waals surface area contributed by atoms with Gasteiger partial charge in [0, 0.05) is 44.3 Å². The average molecular weight is 448 g/mol. The Balaban J connectivity index is 1.63. The van der Waals surface area contributed by atoms with Crippen LogP contribution in [0.3, 0.4) is 0 Å². The Morgan fingerprint density at radius 3 is 2.61 bits per heavy atom. The highest BCUT2D eigenvalue weighted by Gasteiger charge is 2.40. The maximum Gasteiger partial charge on any atom is 0.433 e. The van der Waals surface area contributed by atoms with Crippen LogP contribution in [0.25, 0.3) is 0 Å². The molecule has 0 bridgehead atoms. The van der Waals surface area contributed by atoms with Crippen LogP contribution in [0.15, 0.2) is 0 Å². The van der Waals surface area contributed by atoms with E-state index in [1.165, 1.54) is 4.90 Å². The molecule has 1 aromatic rings. The van der Waals surface area contributed by atoms with E-state index in [0.717, 1.165) is 4.90 Å². The first-order valence-corrected chi connectivity index (χ1v) is 10.4. The van der Waals surface area contributed by atoms with Gasteiger partial charge >= 0.3 is 6.18 Å². The van der Waals surface area contributed by atoms with E-state index < -0.39 is 30.8 Å². The molecule has 0 radical (unpaired) electrons. The lowest BCUT2D eigenvalue weighted by atomic mass is 10.0. The molecule has 0 unspecified atom stereocenters. The zero-order valence-corrected chi connectivity index (χ0v) is 17.3. The number of carbonyl (C=O) groups is 2. The standard InChI is InChI=1S/C20H25F5N4O2/c1-2-4-15-26-14-11-28(10-7-13(14)18(27-15)20(23,24)25)16(30)5-3-9-29-12-19(21,22)8-6-17(29)31/h2-12H2,1H3. The third-order valence-electron chi connectivity index (χ3n) is 5.50. The number of alkyl halides is 5. The molecule has 31 heavy (non-hydrogen) atoms. The van der Waals surface area contributed by atoms with E-state index in [1.807, 2.05) is 6.92 Å². The van der Waals surface area contributed by atoms with Crippen molar-refractivity contribution in [3.05, 3.63) is 22.8 Å². The normalized spacial score (nSPS) is 18.8. The minimum Gasteiger partial charge on any atom is -0.337 e. The number of amides is 2. The maximum absolute atomic E-state index is 13.5. The van der Waals surface area contributed by atoms with Gasteiger partial charge < -0.3 is 9.80 Å². The molecule has 2 amide bonds. The summed E-state index contributed by atoms with van der Waals surface area (Å²) in [7, 11) is 0. The van der Waals surface area contributed by atoms with Crippen molar-refractivity contribution in [2.75, 3.05) is 19.6 Å². The van der Waals surface area contributed by atoms with Crippen molar-refractivity contribution in [3.63, 3.8) is 0 Å². The van der Waals surface area contributed by atoms with Gasteiger partial charge in [0.05, 0.1) is 18.8 Å². The van der Waals surface area contributed by atoms with Crippen LogP contribution in [-0.4, -0.2) is 57.1 Å². The van der Waals surface area contributed by atoms with Gasteiger partial charge in [-0.2, -0.15) is 13.2 Å². The van der Waals surface area contributed by atoms with Crippen molar-refractivity contribution in [2.45, 2.75) is 70.5 Å². The molecule has 1 aromatic heterocycles. The molecular weight excluding hydrogens is 423 g/mol. The van der Waals surface area contributed by atoms with E-state index in [4.69, 9.17) is 0 Å². The van der Waals surface area contributed by atoms with Gasteiger partial charge in [0.15, 0.2) is 5.69 Å². The van der Waals surface area contributed by atoms with Gasteiger partial charge in [-0.05, 0) is 19.3 Å². The van der Waals surface area contributed by atoms with Crippen LogP contribution < -0.4 is 0 Å². The highest BCUT2D eigenvalue weighted by molar-refractivity contribution is 5.78. The highest BCUT2D eigenvalue weighted by atomic mass is 19.4. The third-order valence-corrected chi connectivity index (χ3v) is 5.50. The molecule has 3 heterocycles. The van der Waals surface area contributed by atoms with E-state index in [9.17, 15) is 31.5 Å². The van der Waals surface area contributed by atoms with Crippen LogP contribution in [0, 0.1) is 0 Å². The summed E-state index contributed by atoms with van der Waals surface area (Å²) in [5.74, 6) is -3.47. The zero-order valence-electron chi connectivity index (χ0n) is 17.3. The van der Waals surface area contributed by atoms with Gasteiger partial charge in [-0.3, -0.25) is 9.59 Å². The number of likely N-dealkylation sites (tertiary alicyclic amines) is 1. The SMILES string of the molecule is CCCc1nc2c(c(C(F)(F)F)n1)CCN(C(=O)CCCN1CC(F)(F)CCC1=O)C2. The minimum absolute atomic E-state index is 0.000838. The fourth-order valence-electron chi connectivity index (χ4n) is 3.94. The average Bonchev–Trinajstić information content (AvgIpc) is 2.69. The number of halogens is 5. The van der Waals surface area contributed by atoms with Crippen molar-refractivity contribution in [1.29, 1.82) is 0 Å². The van der Waals surface area contributed by atoms with Crippen LogP contribution in [0.4, 0.5) is 22.0 Å². The second-order valence-corrected chi connectivity index (χ2v) is 8.00. The molecule has 3 rings (SSSR count). The van der Waals surface area contributed by atoms with Gasteiger partial charge in [0.2, 0.25) is 11.8 Å². The monoisotopic (exact) mass is 448 g/mol. The summed E-state index contributed by atoms with van der Waals surface area (Å²) >= 11 is 0. The minimum atomic E-state index is -4.59. The van der Waals surface area contributed by atoms with Crippen LogP contribution in [0.2, 0.25) is 0 Å². The maximum atomic E-state index is 13.5. The van der Waals surface area contributed by atoms with Gasteiger partial charge in [-0.1, -0.05) is 6.92 Å². The number of nitrogens with zero attached hydrogens (tertiary/aromatic N) is 4. The molecule has 1 fully saturated rings. The zero-order chi connectivity index (χ0) is 22.8. The Hall–Kier alpha value is -2.33. The third kappa shape index (κ3) is 5.68. The van der Waals surface area contributed by atoms with E-state index in [1.54, 1.807) is 0 Å². The number of rotatable bonds is 6. The molecule has 2 aliphatic rings. The van der Waals surface area contributed by atoms with Crippen LogP contribution >= 0.6 is 0 Å². The molecule has 0 N–H and O–H groups in total. The van der Waals surface area contributed by atoms with E-state index in [0.29, 0.717) is 12.8 Å². The quantitative estimate of drug-likeness (QED) is 0.626. The lowest BCUT2D eigenvalue weighted by molar-refractivity contribution is -0.147. The molecular formula is C20H25F5N4O2. The van der Waals surface area contributed by atoms with Crippen molar-refractivity contribution in [3.8, 4) is 0 Å². The molecule has 172 valence electrons. The molecule has 2 aliphatic heterocycles. The predicted octanol–water partition coefficient (Wildman–Crippen LogP) is 3.37. The first-order chi connectivity index (χ1) is 14.5. The molecule has 0 saturated carbocycles. The number of aromatic nitrogens is 2. The molecule has 0 atom stereocenters. The van der Waals surface area contributed by atoms with Crippen molar-refractivity contribution in [1.82, 2.24) is 19.8 Å². The molecule has 0 aromatic carbocycles. The van der Waals surface area contributed by atoms with Crippen molar-refractivity contribution >= 4 is 11.8 Å². The van der Waals surface area contributed by atoms with Crippen molar-refractivity contribution in [2.24, 2.45) is 0 Å². The van der Waals surface area contributed by atoms with E-state index >= 15 is 0 Å². The van der Waals surface area contributed by atoms with Crippen molar-refractivity contribution < 1.29 is 31.5 Å². The molecule has 0 aliphatic carbocycles. The second-order valence-electron chi connectivity index (χ2n) is 8.00. The molecule has 1 saturated heterocycles. The number of hydrogen-bond acceptors (Lipinski definition) is 4. The largest absolute Gasteiger partial charge is 0.433 e. The van der Waals surface area contributed by atoms with Crippen LogP contribution in [0.1, 0.15) is 61.8 Å². The van der Waals surface area contributed by atoms with Gasteiger partial charge in [0.25, 0.3) is 5.92 Å². The molecule has 0 spiro atoms. The van der Waals surface area contributed by atoms with Gasteiger partial charge in [-0.15, -0.1) is 0 Å². The summed E-state index contributed by atoms with van der Waals surface area (Å²) in [4.78, 5) is 34.8. The fourth-order valence-corrected chi connectivity index (χ4v) is 3.94. The Kier molecular flexibility index (Phi) is 6.80. The lowest BCUT2D eigenvalue weighted by Gasteiger charge is -2.33. The Morgan fingerprint density at radius 2 is 1.94 bits per heavy atom. The molecule has 11 heteroatoms. The number of aryl methyl sites for hydroxylation is 1. The summed E-state index contributed by atoms with van der Waals surface area (Å²) < 4.78 is 67.3.